The molecule has 3 rings (SSSR count). The molecule has 3 nitrogen and oxygen atoms in total. The number of benzene rings is 1. The lowest BCUT2D eigenvalue weighted by atomic mass is 9.97. The first-order chi connectivity index (χ1) is 9.84. The van der Waals surface area contributed by atoms with E-state index in [-0.39, 0.29) is 12.1 Å². The molecule has 0 aliphatic carbocycles. The van der Waals surface area contributed by atoms with Crippen LogP contribution in [0.2, 0.25) is 0 Å². The van der Waals surface area contributed by atoms with Crippen molar-refractivity contribution in [2.45, 2.75) is 25.5 Å². The Morgan fingerprint density at radius 2 is 2.10 bits per heavy atom. The van der Waals surface area contributed by atoms with Crippen molar-refractivity contribution in [3.8, 4) is 0 Å². The van der Waals surface area contributed by atoms with Gasteiger partial charge in [0.05, 0.1) is 18.4 Å². The number of pyridine rings is 1. The van der Waals surface area contributed by atoms with E-state index in [1.54, 1.807) is 0 Å². The zero-order valence-corrected chi connectivity index (χ0v) is 11.8. The summed E-state index contributed by atoms with van der Waals surface area (Å²) in [5.41, 5.74) is 3.80. The quantitative estimate of drug-likeness (QED) is 0.925. The smallest absolute Gasteiger partial charge is 0.0952 e. The van der Waals surface area contributed by atoms with E-state index in [0.717, 1.165) is 25.3 Å². The Balaban J connectivity index is 1.65. The third-order valence-electron chi connectivity index (χ3n) is 3.83. The number of nitrogens with one attached hydrogen (secondary N) is 1. The van der Waals surface area contributed by atoms with Gasteiger partial charge in [0.2, 0.25) is 0 Å². The van der Waals surface area contributed by atoms with Crippen molar-refractivity contribution in [2.24, 2.45) is 0 Å². The van der Waals surface area contributed by atoms with Crippen molar-refractivity contribution < 1.29 is 4.74 Å². The molecule has 0 bridgehead atoms. The minimum atomic E-state index is 0.145. The monoisotopic (exact) mass is 268 g/mol. The zero-order valence-electron chi connectivity index (χ0n) is 11.8. The van der Waals surface area contributed by atoms with Gasteiger partial charge in [-0.3, -0.25) is 4.98 Å². The van der Waals surface area contributed by atoms with Gasteiger partial charge in [0.25, 0.3) is 0 Å². The van der Waals surface area contributed by atoms with Crippen LogP contribution in [-0.4, -0.2) is 18.1 Å². The van der Waals surface area contributed by atoms with Gasteiger partial charge in [-0.05, 0) is 36.6 Å². The molecule has 0 saturated carbocycles. The number of rotatable bonds is 4. The summed E-state index contributed by atoms with van der Waals surface area (Å²) in [5, 5.41) is 3.52. The molecule has 2 heterocycles. The van der Waals surface area contributed by atoms with E-state index in [1.165, 1.54) is 11.1 Å². The summed E-state index contributed by atoms with van der Waals surface area (Å²) in [4.78, 5) is 4.38. The number of fused-ring (bicyclic) bond motifs is 1. The van der Waals surface area contributed by atoms with Crippen LogP contribution in [0.1, 0.15) is 35.9 Å². The van der Waals surface area contributed by atoms with Gasteiger partial charge in [-0.1, -0.05) is 30.3 Å². The second-order valence-corrected chi connectivity index (χ2v) is 5.19. The summed E-state index contributed by atoms with van der Waals surface area (Å²) in [5.74, 6) is 0. The number of hydrogen-bond donors (Lipinski definition) is 1. The molecule has 1 aromatic heterocycles. The van der Waals surface area contributed by atoms with Crippen molar-refractivity contribution >= 4 is 0 Å². The molecule has 20 heavy (non-hydrogen) atoms. The average Bonchev–Trinajstić information content (AvgIpc) is 2.53. The Hall–Kier alpha value is -1.71. The van der Waals surface area contributed by atoms with E-state index in [1.807, 2.05) is 24.4 Å². The van der Waals surface area contributed by atoms with Crippen molar-refractivity contribution in [1.82, 2.24) is 10.3 Å². The van der Waals surface area contributed by atoms with E-state index in [2.05, 4.69) is 41.5 Å². The van der Waals surface area contributed by atoms with Gasteiger partial charge in [0.1, 0.15) is 0 Å². The molecule has 1 unspecified atom stereocenters. The fourth-order valence-corrected chi connectivity index (χ4v) is 2.67. The average molecular weight is 268 g/mol. The van der Waals surface area contributed by atoms with Gasteiger partial charge >= 0.3 is 0 Å². The highest BCUT2D eigenvalue weighted by Gasteiger charge is 2.20. The summed E-state index contributed by atoms with van der Waals surface area (Å²) in [6.45, 7) is 3.76. The van der Waals surface area contributed by atoms with Crippen LogP contribution >= 0.6 is 0 Å². The first-order valence-electron chi connectivity index (χ1n) is 7.18. The van der Waals surface area contributed by atoms with Gasteiger partial charge in [-0.25, -0.2) is 0 Å². The van der Waals surface area contributed by atoms with E-state index >= 15 is 0 Å². The second-order valence-electron chi connectivity index (χ2n) is 5.19. The van der Waals surface area contributed by atoms with Crippen LogP contribution in [0.3, 0.4) is 0 Å². The van der Waals surface area contributed by atoms with Crippen LogP contribution in [0.15, 0.2) is 48.7 Å². The molecule has 1 aliphatic heterocycles. The van der Waals surface area contributed by atoms with Crippen molar-refractivity contribution in [3.63, 3.8) is 0 Å². The lowest BCUT2D eigenvalue weighted by molar-refractivity contribution is 0.0409. The molecular formula is C17H20N2O. The van der Waals surface area contributed by atoms with Crippen LogP contribution in [0.5, 0.6) is 0 Å². The maximum Gasteiger partial charge on any atom is 0.0952 e. The number of hydrogen-bond acceptors (Lipinski definition) is 3. The van der Waals surface area contributed by atoms with Crippen LogP contribution < -0.4 is 5.32 Å². The summed E-state index contributed by atoms with van der Waals surface area (Å²) in [6.07, 6.45) is 2.99. The predicted octanol–water partition coefficient (Wildman–Crippen LogP) is 3.05. The van der Waals surface area contributed by atoms with E-state index < -0.39 is 0 Å². The van der Waals surface area contributed by atoms with Gasteiger partial charge < -0.3 is 10.1 Å². The Labute approximate surface area is 120 Å². The summed E-state index contributed by atoms with van der Waals surface area (Å²) in [7, 11) is 0. The van der Waals surface area contributed by atoms with Gasteiger partial charge in [0, 0.05) is 18.8 Å². The number of ether oxygens (including phenoxy) is 1. The summed E-state index contributed by atoms with van der Waals surface area (Å²) in [6, 6.07) is 14.8. The molecule has 0 saturated heterocycles. The van der Waals surface area contributed by atoms with E-state index in [0.29, 0.717) is 0 Å². The molecule has 0 radical (unpaired) electrons. The molecule has 0 amide bonds. The molecule has 2 aromatic rings. The van der Waals surface area contributed by atoms with E-state index in [4.69, 9.17) is 4.74 Å². The maximum absolute atomic E-state index is 5.91. The fourth-order valence-electron chi connectivity index (χ4n) is 2.67. The summed E-state index contributed by atoms with van der Waals surface area (Å²) >= 11 is 0. The lowest BCUT2D eigenvalue weighted by Gasteiger charge is -2.27. The van der Waals surface area contributed by atoms with Crippen LogP contribution in [-0.2, 0) is 11.2 Å². The highest BCUT2D eigenvalue weighted by molar-refractivity contribution is 5.31. The van der Waals surface area contributed by atoms with Crippen molar-refractivity contribution in [2.75, 3.05) is 13.2 Å². The molecule has 1 aliphatic rings. The Kier molecular flexibility index (Phi) is 4.09. The second kappa shape index (κ2) is 6.16. The van der Waals surface area contributed by atoms with Crippen LogP contribution in [0.4, 0.5) is 0 Å². The van der Waals surface area contributed by atoms with Crippen molar-refractivity contribution in [3.05, 3.63) is 65.5 Å². The van der Waals surface area contributed by atoms with Crippen molar-refractivity contribution in [1.29, 1.82) is 0 Å². The third kappa shape index (κ3) is 2.89. The molecule has 104 valence electrons. The minimum absolute atomic E-state index is 0.145. The minimum Gasteiger partial charge on any atom is -0.372 e. The number of aromatic nitrogens is 1. The fraction of sp³-hybridized carbons (Fsp3) is 0.353. The van der Waals surface area contributed by atoms with E-state index in [9.17, 15) is 0 Å². The Morgan fingerprint density at radius 1 is 1.25 bits per heavy atom. The first-order valence-corrected chi connectivity index (χ1v) is 7.18. The maximum atomic E-state index is 5.91. The van der Waals surface area contributed by atoms with Crippen LogP contribution in [0.25, 0.3) is 0 Å². The lowest BCUT2D eigenvalue weighted by Crippen LogP contribution is -2.29. The Bertz CT molecular complexity index is 556. The molecule has 3 heteroatoms. The van der Waals surface area contributed by atoms with Gasteiger partial charge in [-0.15, -0.1) is 0 Å². The molecule has 0 fully saturated rings. The first kappa shape index (κ1) is 13.3. The molecule has 1 aromatic carbocycles. The van der Waals surface area contributed by atoms with Gasteiger partial charge in [0.15, 0.2) is 0 Å². The molecule has 2 atom stereocenters. The predicted molar refractivity (Wildman–Crippen MR) is 79.5 cm³/mol. The zero-order chi connectivity index (χ0) is 13.8. The van der Waals surface area contributed by atoms with Gasteiger partial charge in [-0.2, -0.15) is 0 Å². The SMILES string of the molecule is C[C@H](NCC1OCCc2ccccc21)c1ccccn1. The normalized spacial score (nSPS) is 19.4. The topological polar surface area (TPSA) is 34.1 Å². The largest absolute Gasteiger partial charge is 0.372 e. The molecule has 0 spiro atoms. The number of nitrogens with zero attached hydrogens (tertiary/aromatic N) is 1. The van der Waals surface area contributed by atoms with Crippen LogP contribution in [0, 0.1) is 0 Å². The molecule has 1 N–H and O–H groups in total. The highest BCUT2D eigenvalue weighted by atomic mass is 16.5. The standard InChI is InChI=1S/C17H20N2O/c1-13(16-8-4-5-10-18-16)19-12-17-15-7-3-2-6-14(15)9-11-20-17/h2-8,10,13,17,19H,9,11-12H2,1H3/t13-,17?/m0/s1. The molecular weight excluding hydrogens is 248 g/mol. The summed E-state index contributed by atoms with van der Waals surface area (Å²) < 4.78 is 5.91. The Morgan fingerprint density at radius 3 is 2.95 bits per heavy atom. The third-order valence-corrected chi connectivity index (χ3v) is 3.83. The highest BCUT2D eigenvalue weighted by Crippen LogP contribution is 2.26.